The molecule has 0 aliphatic rings. The number of aryl methyl sites for hydroxylation is 1. The Morgan fingerprint density at radius 2 is 1.95 bits per heavy atom. The highest BCUT2D eigenvalue weighted by molar-refractivity contribution is 5.79. The summed E-state index contributed by atoms with van der Waals surface area (Å²) in [6.45, 7) is 2.06. The van der Waals surface area contributed by atoms with E-state index in [1.54, 1.807) is 12.1 Å². The van der Waals surface area contributed by atoms with Gasteiger partial charge in [0.1, 0.15) is 5.69 Å². The van der Waals surface area contributed by atoms with E-state index in [1.165, 1.54) is 6.07 Å². The number of hydrogen-bond donors (Lipinski definition) is 1. The van der Waals surface area contributed by atoms with E-state index in [-0.39, 0.29) is 5.52 Å². The van der Waals surface area contributed by atoms with Crippen molar-refractivity contribution in [1.29, 1.82) is 0 Å². The van der Waals surface area contributed by atoms with Crippen molar-refractivity contribution >= 4 is 10.9 Å². The van der Waals surface area contributed by atoms with Gasteiger partial charge in [0.25, 0.3) is 0 Å². The minimum Gasteiger partial charge on any atom is -0.351 e. The maximum Gasteiger partial charge on any atom is 0.431 e. The van der Waals surface area contributed by atoms with E-state index in [1.807, 2.05) is 0 Å². The molecule has 0 aliphatic carbocycles. The Kier molecular flexibility index (Phi) is 3.64. The Balaban J connectivity index is 2.51. The minimum absolute atomic E-state index is 0.222. The zero-order valence-electron chi connectivity index (χ0n) is 10.5. The molecule has 0 atom stereocenters. The molecule has 0 radical (unpaired) electrons. The monoisotopic (exact) mass is 269 g/mol. The average molecular weight is 269 g/mol. The molecule has 0 saturated heterocycles. The first-order valence-corrected chi connectivity index (χ1v) is 6.15. The normalized spacial score (nSPS) is 12.0. The number of nitrogens with one attached hydrogen (secondary N) is 1. The molecule has 2 aromatic rings. The van der Waals surface area contributed by atoms with Crippen molar-refractivity contribution in [2.75, 3.05) is 0 Å². The number of aromatic amines is 1. The summed E-state index contributed by atoms with van der Waals surface area (Å²) in [7, 11) is 0. The van der Waals surface area contributed by atoms with Gasteiger partial charge < -0.3 is 4.98 Å². The molecule has 5 heteroatoms. The number of unbranched alkanes of at least 4 members (excludes halogenated alkanes) is 1. The van der Waals surface area contributed by atoms with Crippen LogP contribution in [0.4, 0.5) is 13.2 Å². The van der Waals surface area contributed by atoms with E-state index in [2.05, 4.69) is 11.9 Å². The highest BCUT2D eigenvalue weighted by Crippen LogP contribution is 2.27. The minimum atomic E-state index is -4.53. The van der Waals surface area contributed by atoms with Crippen LogP contribution in [-0.2, 0) is 12.6 Å². The van der Waals surface area contributed by atoms with Gasteiger partial charge in [-0.3, -0.25) is 4.79 Å². The summed E-state index contributed by atoms with van der Waals surface area (Å²) in [6.07, 6.45) is -1.69. The molecule has 0 aliphatic heterocycles. The molecule has 0 unspecified atom stereocenters. The van der Waals surface area contributed by atoms with Crippen molar-refractivity contribution in [3.05, 3.63) is 45.7 Å². The zero-order chi connectivity index (χ0) is 14.0. The molecular weight excluding hydrogens is 255 g/mol. The lowest BCUT2D eigenvalue weighted by molar-refractivity contribution is -0.141. The maximum atomic E-state index is 12.6. The van der Waals surface area contributed by atoms with Gasteiger partial charge in [-0.15, -0.1) is 0 Å². The molecule has 19 heavy (non-hydrogen) atoms. The molecule has 0 fully saturated rings. The first-order chi connectivity index (χ1) is 8.91. The van der Waals surface area contributed by atoms with Gasteiger partial charge >= 0.3 is 6.18 Å². The Bertz CT molecular complexity index is 643. The highest BCUT2D eigenvalue weighted by Gasteiger charge is 2.32. The van der Waals surface area contributed by atoms with Crippen molar-refractivity contribution < 1.29 is 13.2 Å². The van der Waals surface area contributed by atoms with Crippen LogP contribution in [0.25, 0.3) is 10.9 Å². The van der Waals surface area contributed by atoms with Gasteiger partial charge in [0, 0.05) is 17.0 Å². The highest BCUT2D eigenvalue weighted by atomic mass is 19.4. The number of alkyl halides is 3. The fourth-order valence-corrected chi connectivity index (χ4v) is 1.98. The molecule has 0 spiro atoms. The molecule has 1 heterocycles. The van der Waals surface area contributed by atoms with Gasteiger partial charge in [0.2, 0.25) is 0 Å². The van der Waals surface area contributed by atoms with E-state index >= 15 is 0 Å². The quantitative estimate of drug-likeness (QED) is 0.900. The second kappa shape index (κ2) is 5.07. The molecule has 1 N–H and O–H groups in total. The lowest BCUT2D eigenvalue weighted by Gasteiger charge is -2.08. The average Bonchev–Trinajstić information content (AvgIpc) is 2.35. The Morgan fingerprint density at radius 3 is 2.58 bits per heavy atom. The van der Waals surface area contributed by atoms with Crippen LogP contribution in [0.15, 0.2) is 29.1 Å². The molecular formula is C14H14F3NO. The summed E-state index contributed by atoms with van der Waals surface area (Å²) in [6, 6.07) is 5.58. The van der Waals surface area contributed by atoms with Gasteiger partial charge in [0.15, 0.2) is 5.43 Å². The van der Waals surface area contributed by atoms with Crippen LogP contribution in [0.2, 0.25) is 0 Å². The third-order valence-corrected chi connectivity index (χ3v) is 3.02. The van der Waals surface area contributed by atoms with Crippen LogP contribution in [0.1, 0.15) is 31.0 Å². The van der Waals surface area contributed by atoms with Gasteiger partial charge in [-0.1, -0.05) is 19.4 Å². The summed E-state index contributed by atoms with van der Waals surface area (Å²) in [5, 5.41) is 0.307. The van der Waals surface area contributed by atoms with Gasteiger partial charge in [-0.25, -0.2) is 0 Å². The SMILES string of the molecule is CCCCc1ccc2[nH]c(C(F)(F)F)cc(=O)c2c1. The topological polar surface area (TPSA) is 32.9 Å². The van der Waals surface area contributed by atoms with Crippen molar-refractivity contribution in [3.63, 3.8) is 0 Å². The largest absolute Gasteiger partial charge is 0.431 e. The number of H-pyrrole nitrogens is 1. The van der Waals surface area contributed by atoms with Gasteiger partial charge in [0.05, 0.1) is 0 Å². The molecule has 0 saturated carbocycles. The number of fused-ring (bicyclic) bond motifs is 1. The van der Waals surface area contributed by atoms with Crippen LogP contribution < -0.4 is 5.43 Å². The number of halogens is 3. The standard InChI is InChI=1S/C14H14F3NO/c1-2-3-4-9-5-6-11-10(7-9)12(19)8-13(18-11)14(15,16)17/h5-8H,2-4H2,1H3,(H,18,19). The number of pyridine rings is 1. The molecule has 1 aromatic heterocycles. The molecule has 102 valence electrons. The molecule has 1 aromatic carbocycles. The van der Waals surface area contributed by atoms with Crippen LogP contribution in [0.3, 0.4) is 0 Å². The molecule has 2 nitrogen and oxygen atoms in total. The van der Waals surface area contributed by atoms with E-state index in [0.29, 0.717) is 11.5 Å². The third-order valence-electron chi connectivity index (χ3n) is 3.02. The van der Waals surface area contributed by atoms with Crippen LogP contribution in [0, 0.1) is 0 Å². The van der Waals surface area contributed by atoms with Crippen molar-refractivity contribution in [1.82, 2.24) is 4.98 Å². The van der Waals surface area contributed by atoms with Gasteiger partial charge in [-0.05, 0) is 30.5 Å². The van der Waals surface area contributed by atoms with Crippen molar-refractivity contribution in [2.24, 2.45) is 0 Å². The predicted molar refractivity (Wildman–Crippen MR) is 68.2 cm³/mol. The second-order valence-electron chi connectivity index (χ2n) is 4.53. The smallest absolute Gasteiger partial charge is 0.351 e. The Morgan fingerprint density at radius 1 is 1.21 bits per heavy atom. The van der Waals surface area contributed by atoms with Crippen LogP contribution in [-0.4, -0.2) is 4.98 Å². The fraction of sp³-hybridized carbons (Fsp3) is 0.357. The number of rotatable bonds is 3. The lowest BCUT2D eigenvalue weighted by Crippen LogP contribution is -2.14. The van der Waals surface area contributed by atoms with E-state index < -0.39 is 17.3 Å². The number of aromatic nitrogens is 1. The summed E-state index contributed by atoms with van der Waals surface area (Å²) in [5.74, 6) is 0. The Hall–Kier alpha value is -1.78. The van der Waals surface area contributed by atoms with E-state index in [0.717, 1.165) is 24.8 Å². The number of benzene rings is 1. The van der Waals surface area contributed by atoms with Crippen LogP contribution >= 0.6 is 0 Å². The van der Waals surface area contributed by atoms with E-state index in [9.17, 15) is 18.0 Å². The van der Waals surface area contributed by atoms with E-state index in [4.69, 9.17) is 0 Å². The summed E-state index contributed by atoms with van der Waals surface area (Å²) in [4.78, 5) is 14.0. The van der Waals surface area contributed by atoms with Gasteiger partial charge in [-0.2, -0.15) is 13.2 Å². The zero-order valence-corrected chi connectivity index (χ0v) is 10.5. The van der Waals surface area contributed by atoms with Crippen molar-refractivity contribution in [3.8, 4) is 0 Å². The van der Waals surface area contributed by atoms with Crippen molar-refractivity contribution in [2.45, 2.75) is 32.4 Å². The molecule has 0 amide bonds. The first-order valence-electron chi connectivity index (χ1n) is 6.15. The summed E-state index contributed by atoms with van der Waals surface area (Å²) in [5.41, 5.74) is -0.412. The molecule has 0 bridgehead atoms. The lowest BCUT2D eigenvalue weighted by atomic mass is 10.1. The third kappa shape index (κ3) is 2.97. The summed E-state index contributed by atoms with van der Waals surface area (Å²) < 4.78 is 37.7. The first kappa shape index (κ1) is 13.6. The Labute approximate surface area is 108 Å². The molecule has 2 rings (SSSR count). The predicted octanol–water partition coefficient (Wildman–Crippen LogP) is 3.89. The second-order valence-corrected chi connectivity index (χ2v) is 4.53. The number of hydrogen-bond acceptors (Lipinski definition) is 1. The maximum absolute atomic E-state index is 12.6. The fourth-order valence-electron chi connectivity index (χ4n) is 1.98. The van der Waals surface area contributed by atoms with Crippen LogP contribution in [0.5, 0.6) is 0 Å². The summed E-state index contributed by atoms with van der Waals surface area (Å²) >= 11 is 0.